The van der Waals surface area contributed by atoms with Crippen LogP contribution >= 0.6 is 0 Å². The molecule has 0 bridgehead atoms. The summed E-state index contributed by atoms with van der Waals surface area (Å²) in [6.45, 7) is 8.88. The summed E-state index contributed by atoms with van der Waals surface area (Å²) in [5, 5.41) is 7.37. The normalized spacial score (nSPS) is 12.3. The Morgan fingerprint density at radius 3 is 2.39 bits per heavy atom. The number of aromatic nitrogens is 2. The van der Waals surface area contributed by atoms with Crippen LogP contribution in [0.5, 0.6) is 5.75 Å². The fourth-order valence-corrected chi connectivity index (χ4v) is 4.55. The number of anilines is 1. The molecule has 0 fully saturated rings. The predicted octanol–water partition coefficient (Wildman–Crippen LogP) is 3.68. The highest BCUT2D eigenvalue weighted by Crippen LogP contribution is 2.21. The van der Waals surface area contributed by atoms with Gasteiger partial charge in [-0.05, 0) is 74.7 Å². The molecule has 0 saturated carbocycles. The number of ether oxygens (including phenoxy) is 1. The monoisotopic (exact) mass is 470 g/mol. The van der Waals surface area contributed by atoms with Crippen LogP contribution in [-0.4, -0.2) is 37.8 Å². The van der Waals surface area contributed by atoms with E-state index < -0.39 is 10.0 Å². The maximum absolute atomic E-state index is 12.9. The first-order valence-electron chi connectivity index (χ1n) is 10.7. The number of nitrogens with one attached hydrogen (secondary N) is 2. The minimum atomic E-state index is -3.86. The lowest BCUT2D eigenvalue weighted by atomic mass is 10.1. The quantitative estimate of drug-likeness (QED) is 0.497. The van der Waals surface area contributed by atoms with Crippen LogP contribution in [0.3, 0.4) is 0 Å². The Morgan fingerprint density at radius 2 is 1.79 bits per heavy atom. The number of carbonyl (C=O) groups is 1. The van der Waals surface area contributed by atoms with E-state index >= 15 is 0 Å². The molecule has 3 aromatic rings. The van der Waals surface area contributed by atoms with Gasteiger partial charge in [-0.15, -0.1) is 0 Å². The van der Waals surface area contributed by atoms with Crippen LogP contribution in [0.25, 0.3) is 0 Å². The second kappa shape index (κ2) is 10.1. The van der Waals surface area contributed by atoms with E-state index in [2.05, 4.69) is 15.1 Å². The maximum Gasteiger partial charge on any atom is 0.261 e. The highest BCUT2D eigenvalue weighted by Gasteiger charge is 2.19. The summed E-state index contributed by atoms with van der Waals surface area (Å²) in [6.07, 6.45) is 0. The fraction of sp³-hybridized carbons (Fsp3) is 0.333. The van der Waals surface area contributed by atoms with Gasteiger partial charge in [0.15, 0.2) is 0 Å². The number of amides is 1. The molecule has 0 aliphatic rings. The van der Waals surface area contributed by atoms with Crippen molar-refractivity contribution in [3.05, 3.63) is 71.0 Å². The number of sulfonamides is 1. The number of nitrogens with zero attached hydrogens (tertiary/aromatic N) is 2. The number of aryl methyl sites for hydroxylation is 3. The van der Waals surface area contributed by atoms with Crippen LogP contribution in [0.15, 0.2) is 53.4 Å². The van der Waals surface area contributed by atoms with Gasteiger partial charge in [-0.2, -0.15) is 5.10 Å². The fourth-order valence-electron chi connectivity index (χ4n) is 3.47. The first-order valence-corrected chi connectivity index (χ1v) is 12.1. The van der Waals surface area contributed by atoms with Crippen molar-refractivity contribution in [3.63, 3.8) is 0 Å². The Morgan fingerprint density at radius 1 is 1.09 bits per heavy atom. The van der Waals surface area contributed by atoms with Crippen molar-refractivity contribution in [2.45, 2.75) is 39.1 Å². The molecule has 1 heterocycles. The number of methoxy groups -OCH3 is 1. The van der Waals surface area contributed by atoms with Crippen LogP contribution in [-0.2, 0) is 16.6 Å². The molecule has 8 nitrogen and oxygen atoms in total. The Kier molecular flexibility index (Phi) is 7.43. The van der Waals surface area contributed by atoms with E-state index in [9.17, 15) is 13.2 Å². The summed E-state index contributed by atoms with van der Waals surface area (Å²) in [7, 11) is -2.32. The predicted molar refractivity (Wildman–Crippen MR) is 128 cm³/mol. The molecule has 1 amide bonds. The Balaban J connectivity index is 1.69. The van der Waals surface area contributed by atoms with Gasteiger partial charge >= 0.3 is 0 Å². The average molecular weight is 471 g/mol. The molecule has 1 unspecified atom stereocenters. The summed E-state index contributed by atoms with van der Waals surface area (Å²) in [4.78, 5) is 12.9. The molecule has 1 atom stereocenters. The van der Waals surface area contributed by atoms with Gasteiger partial charge in [-0.1, -0.05) is 13.0 Å². The maximum atomic E-state index is 12.9. The Hall–Kier alpha value is -3.33. The van der Waals surface area contributed by atoms with Crippen molar-refractivity contribution in [2.75, 3.05) is 18.4 Å². The number of benzene rings is 2. The van der Waals surface area contributed by atoms with Gasteiger partial charge in [0, 0.05) is 30.0 Å². The van der Waals surface area contributed by atoms with E-state index in [-0.39, 0.29) is 16.7 Å². The molecule has 0 saturated heterocycles. The molecule has 0 aliphatic heterocycles. The minimum absolute atomic E-state index is 0.0183. The second-order valence-electron chi connectivity index (χ2n) is 8.24. The first-order chi connectivity index (χ1) is 15.6. The molecular weight excluding hydrogens is 440 g/mol. The van der Waals surface area contributed by atoms with Crippen molar-refractivity contribution in [1.29, 1.82) is 0 Å². The first kappa shape index (κ1) is 24.3. The summed E-state index contributed by atoms with van der Waals surface area (Å²) in [6, 6.07) is 13.1. The van der Waals surface area contributed by atoms with Gasteiger partial charge < -0.3 is 10.1 Å². The molecular formula is C24H30N4O4S. The van der Waals surface area contributed by atoms with Gasteiger partial charge in [0.25, 0.3) is 15.9 Å². The molecule has 2 N–H and O–H groups in total. The molecule has 9 heteroatoms. The third-order valence-corrected chi connectivity index (χ3v) is 6.68. The van der Waals surface area contributed by atoms with Gasteiger partial charge in [-0.3, -0.25) is 14.2 Å². The van der Waals surface area contributed by atoms with Crippen molar-refractivity contribution in [1.82, 2.24) is 15.1 Å². The third-order valence-electron chi connectivity index (χ3n) is 5.31. The third kappa shape index (κ3) is 6.13. The smallest absolute Gasteiger partial charge is 0.261 e. The van der Waals surface area contributed by atoms with Crippen molar-refractivity contribution < 1.29 is 17.9 Å². The van der Waals surface area contributed by atoms with E-state index in [0.29, 0.717) is 35.7 Å². The second-order valence-corrected chi connectivity index (χ2v) is 9.92. The molecule has 0 aliphatic carbocycles. The molecule has 3 rings (SSSR count). The highest BCUT2D eigenvalue weighted by atomic mass is 32.2. The van der Waals surface area contributed by atoms with Crippen molar-refractivity contribution >= 4 is 21.6 Å². The van der Waals surface area contributed by atoms with E-state index in [4.69, 9.17) is 4.74 Å². The molecule has 1 aromatic heterocycles. The zero-order valence-electron chi connectivity index (χ0n) is 19.5. The Bertz CT molecular complexity index is 1230. The topological polar surface area (TPSA) is 102 Å². The number of carbonyl (C=O) groups excluding carboxylic acids is 1. The van der Waals surface area contributed by atoms with Crippen LogP contribution in [0.1, 0.15) is 34.2 Å². The minimum Gasteiger partial charge on any atom is -0.497 e. The summed E-state index contributed by atoms with van der Waals surface area (Å²) < 4.78 is 35.3. The molecule has 0 spiro atoms. The zero-order valence-corrected chi connectivity index (χ0v) is 20.4. The summed E-state index contributed by atoms with van der Waals surface area (Å²) in [5.41, 5.74) is 3.46. The van der Waals surface area contributed by atoms with Crippen LogP contribution in [0.2, 0.25) is 0 Å². The van der Waals surface area contributed by atoms with Gasteiger partial charge in [-0.25, -0.2) is 8.42 Å². The molecule has 176 valence electrons. The van der Waals surface area contributed by atoms with Crippen molar-refractivity contribution in [2.24, 2.45) is 5.92 Å². The van der Waals surface area contributed by atoms with Gasteiger partial charge in [0.2, 0.25) is 0 Å². The summed E-state index contributed by atoms with van der Waals surface area (Å²) >= 11 is 0. The van der Waals surface area contributed by atoms with Crippen molar-refractivity contribution in [3.8, 4) is 5.75 Å². The summed E-state index contributed by atoms with van der Waals surface area (Å²) in [5.74, 6) is 0.462. The van der Waals surface area contributed by atoms with Gasteiger partial charge in [0.1, 0.15) is 5.75 Å². The Labute approximate surface area is 195 Å². The standard InChI is InChI=1S/C24H30N4O4S/c1-16(15-28-19(4)12-18(3)26-28)14-25-24(29)23-13-22(11-6-17(23)2)33(30,31)27-20-7-9-21(32-5)10-8-20/h6-13,16,27H,14-15H2,1-5H3,(H,25,29). The van der Waals surface area contributed by atoms with Crippen LogP contribution in [0, 0.1) is 26.7 Å². The number of rotatable bonds is 9. The SMILES string of the molecule is COc1ccc(NS(=O)(=O)c2ccc(C)c(C(=O)NCC(C)Cn3nc(C)cc3C)c2)cc1. The number of hydrogen-bond donors (Lipinski definition) is 2. The number of hydrogen-bond acceptors (Lipinski definition) is 5. The van der Waals surface area contributed by atoms with Crippen LogP contribution < -0.4 is 14.8 Å². The van der Waals surface area contributed by atoms with E-state index in [0.717, 1.165) is 11.4 Å². The lowest BCUT2D eigenvalue weighted by Gasteiger charge is -2.15. The lowest BCUT2D eigenvalue weighted by Crippen LogP contribution is -2.31. The van der Waals surface area contributed by atoms with E-state index in [1.165, 1.54) is 19.2 Å². The molecule has 0 radical (unpaired) electrons. The largest absolute Gasteiger partial charge is 0.497 e. The van der Waals surface area contributed by atoms with E-state index in [1.54, 1.807) is 37.3 Å². The molecule has 2 aromatic carbocycles. The highest BCUT2D eigenvalue weighted by molar-refractivity contribution is 7.92. The zero-order chi connectivity index (χ0) is 24.2. The lowest BCUT2D eigenvalue weighted by molar-refractivity contribution is 0.0945. The molecule has 33 heavy (non-hydrogen) atoms. The van der Waals surface area contributed by atoms with E-state index in [1.807, 2.05) is 31.5 Å². The van der Waals surface area contributed by atoms with Crippen LogP contribution in [0.4, 0.5) is 5.69 Å². The average Bonchev–Trinajstić information content (AvgIpc) is 3.08. The van der Waals surface area contributed by atoms with Gasteiger partial charge in [0.05, 0.1) is 17.7 Å².